The number of carbonyl (C=O) groups is 1. The standard InChI is InChI=1S/C14H20N2OS.ClH/c1-10(15)14(17)16-12-8-4-5-9-13(12)18-11-6-2-3-7-11;/h4-5,8-11H,2-3,6-7,15H2,1H3,(H,16,17);1H. The average molecular weight is 301 g/mol. The van der Waals surface area contributed by atoms with Crippen LogP contribution < -0.4 is 11.1 Å². The van der Waals surface area contributed by atoms with E-state index in [1.54, 1.807) is 6.92 Å². The lowest BCUT2D eigenvalue weighted by atomic mass is 10.3. The highest BCUT2D eigenvalue weighted by Gasteiger charge is 2.18. The van der Waals surface area contributed by atoms with E-state index in [0.29, 0.717) is 5.25 Å². The maximum atomic E-state index is 11.7. The summed E-state index contributed by atoms with van der Waals surface area (Å²) in [6.07, 6.45) is 5.21. The number of benzene rings is 1. The first-order chi connectivity index (χ1) is 8.66. The summed E-state index contributed by atoms with van der Waals surface area (Å²) in [4.78, 5) is 12.8. The molecule has 0 radical (unpaired) electrons. The molecule has 3 nitrogen and oxygen atoms in total. The fourth-order valence-electron chi connectivity index (χ4n) is 2.11. The predicted molar refractivity (Wildman–Crippen MR) is 84.1 cm³/mol. The number of rotatable bonds is 4. The first kappa shape index (κ1) is 16.3. The molecule has 1 aliphatic carbocycles. The van der Waals surface area contributed by atoms with Gasteiger partial charge in [0.1, 0.15) is 0 Å². The highest BCUT2D eigenvalue weighted by Crippen LogP contribution is 2.37. The Morgan fingerprint density at radius 2 is 2.00 bits per heavy atom. The van der Waals surface area contributed by atoms with Crippen molar-refractivity contribution in [3.63, 3.8) is 0 Å². The number of amides is 1. The monoisotopic (exact) mass is 300 g/mol. The molecule has 5 heteroatoms. The molecule has 0 aromatic heterocycles. The van der Waals surface area contributed by atoms with Crippen LogP contribution in [0.3, 0.4) is 0 Å². The summed E-state index contributed by atoms with van der Waals surface area (Å²) in [7, 11) is 0. The Bertz CT molecular complexity index is 420. The van der Waals surface area contributed by atoms with E-state index in [1.807, 2.05) is 30.0 Å². The Morgan fingerprint density at radius 1 is 1.37 bits per heavy atom. The number of thioether (sulfide) groups is 1. The Kier molecular flexibility index (Phi) is 6.69. The number of anilines is 1. The molecule has 1 atom stereocenters. The van der Waals surface area contributed by atoms with Crippen molar-refractivity contribution in [1.29, 1.82) is 0 Å². The second-order valence-electron chi connectivity index (χ2n) is 4.80. The van der Waals surface area contributed by atoms with Crippen LogP contribution in [0.1, 0.15) is 32.6 Å². The number of hydrogen-bond donors (Lipinski definition) is 2. The quantitative estimate of drug-likeness (QED) is 0.896. The van der Waals surface area contributed by atoms with E-state index in [9.17, 15) is 4.79 Å². The van der Waals surface area contributed by atoms with Gasteiger partial charge in [-0.25, -0.2) is 0 Å². The topological polar surface area (TPSA) is 55.1 Å². The van der Waals surface area contributed by atoms with Crippen LogP contribution in [0.25, 0.3) is 0 Å². The molecule has 106 valence electrons. The molecular weight excluding hydrogens is 280 g/mol. The molecule has 0 heterocycles. The van der Waals surface area contributed by atoms with Gasteiger partial charge in [-0.2, -0.15) is 0 Å². The normalized spacial score (nSPS) is 16.7. The van der Waals surface area contributed by atoms with Crippen LogP contribution in [-0.4, -0.2) is 17.2 Å². The zero-order chi connectivity index (χ0) is 13.0. The number of carbonyl (C=O) groups excluding carboxylic acids is 1. The molecule has 0 spiro atoms. The number of halogens is 1. The van der Waals surface area contributed by atoms with Gasteiger partial charge in [0.05, 0.1) is 11.7 Å². The van der Waals surface area contributed by atoms with Crippen molar-refractivity contribution in [2.75, 3.05) is 5.32 Å². The fourth-order valence-corrected chi connectivity index (χ4v) is 3.44. The van der Waals surface area contributed by atoms with Crippen molar-refractivity contribution < 1.29 is 4.79 Å². The van der Waals surface area contributed by atoms with Crippen LogP contribution in [0, 0.1) is 0 Å². The summed E-state index contributed by atoms with van der Waals surface area (Å²) in [5.41, 5.74) is 6.46. The van der Waals surface area contributed by atoms with E-state index in [4.69, 9.17) is 5.73 Å². The zero-order valence-corrected chi connectivity index (χ0v) is 12.7. The van der Waals surface area contributed by atoms with Crippen molar-refractivity contribution in [2.45, 2.75) is 48.8 Å². The second kappa shape index (κ2) is 7.78. The first-order valence-electron chi connectivity index (χ1n) is 6.49. The van der Waals surface area contributed by atoms with Crippen LogP contribution in [-0.2, 0) is 4.79 Å². The lowest BCUT2D eigenvalue weighted by molar-refractivity contribution is -0.117. The zero-order valence-electron chi connectivity index (χ0n) is 11.1. The average Bonchev–Trinajstić information content (AvgIpc) is 2.84. The predicted octanol–water partition coefficient (Wildman–Crippen LogP) is 3.43. The van der Waals surface area contributed by atoms with E-state index in [0.717, 1.165) is 10.6 Å². The van der Waals surface area contributed by atoms with E-state index in [1.165, 1.54) is 25.7 Å². The number of para-hydroxylation sites is 1. The molecule has 2 rings (SSSR count). The lowest BCUT2D eigenvalue weighted by Gasteiger charge is -2.14. The Balaban J connectivity index is 0.00000180. The Hall–Kier alpha value is -0.710. The van der Waals surface area contributed by atoms with Crippen LogP contribution in [0.2, 0.25) is 0 Å². The van der Waals surface area contributed by atoms with Crippen molar-refractivity contribution >= 4 is 35.8 Å². The molecule has 1 unspecified atom stereocenters. The molecule has 1 aliphatic rings. The molecule has 0 bridgehead atoms. The van der Waals surface area contributed by atoms with Gasteiger partial charge in [-0.1, -0.05) is 25.0 Å². The summed E-state index contributed by atoms with van der Waals surface area (Å²) in [5, 5.41) is 3.59. The van der Waals surface area contributed by atoms with Gasteiger partial charge in [0, 0.05) is 10.1 Å². The summed E-state index contributed by atoms with van der Waals surface area (Å²) in [6.45, 7) is 1.70. The van der Waals surface area contributed by atoms with Gasteiger partial charge in [0.15, 0.2) is 0 Å². The smallest absolute Gasteiger partial charge is 0.241 e. The minimum Gasteiger partial charge on any atom is -0.324 e. The van der Waals surface area contributed by atoms with Crippen LogP contribution in [0.15, 0.2) is 29.2 Å². The number of nitrogens with two attached hydrogens (primary N) is 1. The Labute approximate surface area is 125 Å². The third-order valence-electron chi connectivity index (χ3n) is 3.15. The maximum Gasteiger partial charge on any atom is 0.241 e. The summed E-state index contributed by atoms with van der Waals surface area (Å²) in [5.74, 6) is -0.130. The highest BCUT2D eigenvalue weighted by molar-refractivity contribution is 8.00. The minimum atomic E-state index is -0.477. The van der Waals surface area contributed by atoms with Gasteiger partial charge in [-0.3, -0.25) is 4.79 Å². The van der Waals surface area contributed by atoms with Gasteiger partial charge < -0.3 is 11.1 Å². The van der Waals surface area contributed by atoms with Crippen LogP contribution >= 0.6 is 24.2 Å². The molecule has 1 fully saturated rings. The molecule has 0 aliphatic heterocycles. The van der Waals surface area contributed by atoms with Crippen molar-refractivity contribution in [3.8, 4) is 0 Å². The van der Waals surface area contributed by atoms with E-state index >= 15 is 0 Å². The number of nitrogens with one attached hydrogen (secondary N) is 1. The first-order valence-corrected chi connectivity index (χ1v) is 7.37. The number of hydrogen-bond acceptors (Lipinski definition) is 3. The van der Waals surface area contributed by atoms with Gasteiger partial charge >= 0.3 is 0 Å². The van der Waals surface area contributed by atoms with Crippen LogP contribution in [0.4, 0.5) is 5.69 Å². The Morgan fingerprint density at radius 3 is 2.63 bits per heavy atom. The molecule has 0 saturated heterocycles. The van der Waals surface area contributed by atoms with Crippen molar-refractivity contribution in [3.05, 3.63) is 24.3 Å². The van der Waals surface area contributed by atoms with Gasteiger partial charge in [0.25, 0.3) is 0 Å². The molecule has 1 aromatic carbocycles. The molecule has 3 N–H and O–H groups in total. The lowest BCUT2D eigenvalue weighted by Crippen LogP contribution is -2.32. The van der Waals surface area contributed by atoms with Gasteiger partial charge in [0.2, 0.25) is 5.91 Å². The van der Waals surface area contributed by atoms with Crippen LogP contribution in [0.5, 0.6) is 0 Å². The minimum absolute atomic E-state index is 0. The summed E-state index contributed by atoms with van der Waals surface area (Å²) >= 11 is 1.88. The second-order valence-corrected chi connectivity index (χ2v) is 6.14. The largest absolute Gasteiger partial charge is 0.324 e. The van der Waals surface area contributed by atoms with Crippen molar-refractivity contribution in [1.82, 2.24) is 0 Å². The fraction of sp³-hybridized carbons (Fsp3) is 0.500. The SMILES string of the molecule is CC(N)C(=O)Nc1ccccc1SC1CCCC1.Cl. The summed E-state index contributed by atoms with van der Waals surface area (Å²) in [6, 6.07) is 7.49. The summed E-state index contributed by atoms with van der Waals surface area (Å²) < 4.78 is 0. The molecule has 1 saturated carbocycles. The van der Waals surface area contributed by atoms with Crippen molar-refractivity contribution in [2.24, 2.45) is 5.73 Å². The van der Waals surface area contributed by atoms with E-state index in [2.05, 4.69) is 11.4 Å². The highest BCUT2D eigenvalue weighted by atomic mass is 35.5. The third kappa shape index (κ3) is 4.71. The van der Waals surface area contributed by atoms with Gasteiger partial charge in [-0.05, 0) is 31.9 Å². The molecule has 19 heavy (non-hydrogen) atoms. The maximum absolute atomic E-state index is 11.7. The van der Waals surface area contributed by atoms with E-state index < -0.39 is 6.04 Å². The molecule has 1 aromatic rings. The van der Waals surface area contributed by atoms with E-state index in [-0.39, 0.29) is 18.3 Å². The molecular formula is C14H21ClN2OS. The molecule has 1 amide bonds. The third-order valence-corrected chi connectivity index (χ3v) is 4.57. The van der Waals surface area contributed by atoms with Gasteiger partial charge in [-0.15, -0.1) is 24.2 Å².